The molecule has 0 saturated heterocycles. The van der Waals surface area contributed by atoms with Crippen LogP contribution in [0.1, 0.15) is 20.2 Å². The highest BCUT2D eigenvalue weighted by molar-refractivity contribution is 9.10. The minimum Gasteiger partial charge on any atom is -0.293 e. The van der Waals surface area contributed by atoms with Crippen molar-refractivity contribution in [2.75, 3.05) is 0 Å². The van der Waals surface area contributed by atoms with Crippen LogP contribution in [0.15, 0.2) is 34.9 Å². The highest BCUT2D eigenvalue weighted by Crippen LogP contribution is 2.17. The molecule has 2 rings (SSSR count). The fourth-order valence-corrected chi connectivity index (χ4v) is 2.57. The van der Waals surface area contributed by atoms with E-state index in [1.807, 2.05) is 31.2 Å². The van der Waals surface area contributed by atoms with Crippen molar-refractivity contribution in [2.24, 2.45) is 0 Å². The summed E-state index contributed by atoms with van der Waals surface area (Å²) in [4.78, 5) is 16.7. The quantitative estimate of drug-likeness (QED) is 0.809. The number of carbonyl (C=O) groups is 1. The Labute approximate surface area is 106 Å². The van der Waals surface area contributed by atoms with E-state index in [4.69, 9.17) is 0 Å². The van der Waals surface area contributed by atoms with E-state index in [1.54, 1.807) is 6.20 Å². The third-order valence-electron chi connectivity index (χ3n) is 2.15. The summed E-state index contributed by atoms with van der Waals surface area (Å²) in [6.07, 6.45) is 2.08. The van der Waals surface area contributed by atoms with Crippen molar-refractivity contribution < 1.29 is 4.79 Å². The molecule has 2 nitrogen and oxygen atoms in total. The lowest BCUT2D eigenvalue weighted by Gasteiger charge is -1.99. The summed E-state index contributed by atoms with van der Waals surface area (Å²) >= 11 is 4.84. The van der Waals surface area contributed by atoms with Gasteiger partial charge >= 0.3 is 0 Å². The first-order chi connectivity index (χ1) is 7.65. The molecule has 1 heterocycles. The van der Waals surface area contributed by atoms with Gasteiger partial charge in [0.05, 0.1) is 9.88 Å². The fourth-order valence-electron chi connectivity index (χ4n) is 1.41. The third-order valence-corrected chi connectivity index (χ3v) is 3.60. The molecule has 0 N–H and O–H groups in total. The van der Waals surface area contributed by atoms with E-state index in [0.29, 0.717) is 6.42 Å². The zero-order valence-electron chi connectivity index (χ0n) is 8.74. The number of Topliss-reactive ketones (excluding diaryl/α,β-unsaturated/α-hetero) is 1. The molecule has 0 aliphatic rings. The molecule has 1 aromatic heterocycles. The van der Waals surface area contributed by atoms with Gasteiger partial charge in [-0.2, -0.15) is 0 Å². The lowest BCUT2D eigenvalue weighted by Crippen LogP contribution is -2.00. The van der Waals surface area contributed by atoms with Crippen molar-refractivity contribution in [3.8, 4) is 0 Å². The van der Waals surface area contributed by atoms with Crippen molar-refractivity contribution >= 4 is 33.0 Å². The maximum absolute atomic E-state index is 11.9. The number of hydrogen-bond acceptors (Lipinski definition) is 3. The number of carbonyl (C=O) groups excluding carboxylic acids is 1. The molecular formula is C12H10BrNOS. The predicted molar refractivity (Wildman–Crippen MR) is 69.0 cm³/mol. The summed E-state index contributed by atoms with van der Waals surface area (Å²) in [5.74, 6) is 0.128. The smallest absolute Gasteiger partial charge is 0.178 e. The highest BCUT2D eigenvalue weighted by Gasteiger charge is 2.09. The lowest BCUT2D eigenvalue weighted by molar-refractivity contribution is 0.0996. The predicted octanol–water partition coefficient (Wildman–Crippen LogP) is 3.64. The van der Waals surface area contributed by atoms with Crippen molar-refractivity contribution in [1.82, 2.24) is 4.98 Å². The third kappa shape index (κ3) is 2.77. The normalized spacial score (nSPS) is 10.4. The van der Waals surface area contributed by atoms with E-state index < -0.39 is 0 Å². The van der Waals surface area contributed by atoms with Crippen LogP contribution in [-0.2, 0) is 6.42 Å². The number of ketones is 1. The molecule has 0 radical (unpaired) electrons. The van der Waals surface area contributed by atoms with E-state index in [2.05, 4.69) is 20.9 Å². The van der Waals surface area contributed by atoms with Gasteiger partial charge < -0.3 is 0 Å². The van der Waals surface area contributed by atoms with Gasteiger partial charge in [0, 0.05) is 17.1 Å². The molecule has 0 aliphatic carbocycles. The van der Waals surface area contributed by atoms with Crippen LogP contribution in [0.5, 0.6) is 0 Å². The second kappa shape index (κ2) is 4.89. The van der Waals surface area contributed by atoms with Crippen LogP contribution in [0.2, 0.25) is 0 Å². The zero-order chi connectivity index (χ0) is 11.5. The molecule has 0 spiro atoms. The first-order valence-corrected chi connectivity index (χ1v) is 6.46. The SMILES string of the molecule is Cc1ncc(C(=O)Cc2cccc(Br)c2)s1. The van der Waals surface area contributed by atoms with Crippen LogP contribution >= 0.6 is 27.3 Å². The highest BCUT2D eigenvalue weighted by atomic mass is 79.9. The van der Waals surface area contributed by atoms with Gasteiger partial charge in [0.25, 0.3) is 0 Å². The molecule has 0 unspecified atom stereocenters. The molecule has 82 valence electrons. The second-order valence-corrected chi connectivity index (χ2v) is 5.62. The Morgan fingerprint density at radius 2 is 2.31 bits per heavy atom. The number of nitrogens with zero attached hydrogens (tertiary/aromatic N) is 1. The molecule has 2 aromatic rings. The van der Waals surface area contributed by atoms with Crippen LogP contribution in [-0.4, -0.2) is 10.8 Å². The molecular weight excluding hydrogens is 286 g/mol. The number of aryl methyl sites for hydroxylation is 1. The Morgan fingerprint density at radius 1 is 1.50 bits per heavy atom. The number of benzene rings is 1. The number of thiazole rings is 1. The Kier molecular flexibility index (Phi) is 3.51. The van der Waals surface area contributed by atoms with E-state index >= 15 is 0 Å². The van der Waals surface area contributed by atoms with Gasteiger partial charge in [0.1, 0.15) is 0 Å². The topological polar surface area (TPSA) is 30.0 Å². The minimum atomic E-state index is 0.128. The summed E-state index contributed by atoms with van der Waals surface area (Å²) in [5.41, 5.74) is 1.02. The summed E-state index contributed by atoms with van der Waals surface area (Å²) < 4.78 is 0.998. The molecule has 0 aliphatic heterocycles. The van der Waals surface area contributed by atoms with Gasteiger partial charge in [-0.3, -0.25) is 4.79 Å². The number of halogens is 1. The van der Waals surface area contributed by atoms with Gasteiger partial charge in [-0.1, -0.05) is 28.1 Å². The second-order valence-electron chi connectivity index (χ2n) is 3.47. The number of aromatic nitrogens is 1. The van der Waals surface area contributed by atoms with E-state index in [1.165, 1.54) is 11.3 Å². The average Bonchev–Trinajstić information content (AvgIpc) is 2.65. The molecule has 0 bridgehead atoms. The van der Waals surface area contributed by atoms with Crippen LogP contribution in [0.3, 0.4) is 0 Å². The molecule has 0 saturated carbocycles. The summed E-state index contributed by atoms with van der Waals surface area (Å²) in [6.45, 7) is 1.90. The Morgan fingerprint density at radius 3 is 2.94 bits per heavy atom. The first-order valence-electron chi connectivity index (χ1n) is 4.85. The van der Waals surface area contributed by atoms with Gasteiger partial charge in [-0.15, -0.1) is 11.3 Å². The van der Waals surface area contributed by atoms with E-state index in [0.717, 1.165) is 19.9 Å². The van der Waals surface area contributed by atoms with Crippen molar-refractivity contribution in [3.63, 3.8) is 0 Å². The molecule has 1 aromatic carbocycles. The van der Waals surface area contributed by atoms with Gasteiger partial charge in [0.2, 0.25) is 0 Å². The zero-order valence-corrected chi connectivity index (χ0v) is 11.1. The van der Waals surface area contributed by atoms with Crippen LogP contribution in [0.4, 0.5) is 0 Å². The largest absolute Gasteiger partial charge is 0.293 e. The van der Waals surface area contributed by atoms with Crippen molar-refractivity contribution in [2.45, 2.75) is 13.3 Å². The Bertz CT molecular complexity index is 521. The van der Waals surface area contributed by atoms with Gasteiger partial charge in [-0.05, 0) is 24.6 Å². The molecule has 0 fully saturated rings. The standard InChI is InChI=1S/C12H10BrNOS/c1-8-14-7-12(16-8)11(15)6-9-3-2-4-10(13)5-9/h2-5,7H,6H2,1H3. The lowest BCUT2D eigenvalue weighted by atomic mass is 10.1. The van der Waals surface area contributed by atoms with E-state index in [9.17, 15) is 4.79 Å². The summed E-state index contributed by atoms with van der Waals surface area (Å²) in [5, 5.41) is 0.928. The Hall–Kier alpha value is -1.000. The number of rotatable bonds is 3. The van der Waals surface area contributed by atoms with Gasteiger partial charge in [0.15, 0.2) is 5.78 Å². The maximum atomic E-state index is 11.9. The van der Waals surface area contributed by atoms with E-state index in [-0.39, 0.29) is 5.78 Å². The summed E-state index contributed by atoms with van der Waals surface area (Å²) in [6, 6.07) is 7.80. The van der Waals surface area contributed by atoms with Crippen LogP contribution in [0.25, 0.3) is 0 Å². The molecule has 0 atom stereocenters. The van der Waals surface area contributed by atoms with Crippen LogP contribution in [0, 0.1) is 6.92 Å². The van der Waals surface area contributed by atoms with Crippen molar-refractivity contribution in [1.29, 1.82) is 0 Å². The summed E-state index contributed by atoms with van der Waals surface area (Å²) in [7, 11) is 0. The molecule has 0 amide bonds. The maximum Gasteiger partial charge on any atom is 0.178 e. The molecule has 4 heteroatoms. The minimum absolute atomic E-state index is 0.128. The van der Waals surface area contributed by atoms with Gasteiger partial charge in [-0.25, -0.2) is 4.98 Å². The number of hydrogen-bond donors (Lipinski definition) is 0. The van der Waals surface area contributed by atoms with Crippen LogP contribution < -0.4 is 0 Å². The fraction of sp³-hybridized carbons (Fsp3) is 0.167. The Balaban J connectivity index is 2.13. The monoisotopic (exact) mass is 295 g/mol. The van der Waals surface area contributed by atoms with Crippen molar-refractivity contribution in [3.05, 3.63) is 50.4 Å². The first kappa shape index (κ1) is 11.5. The average molecular weight is 296 g/mol. The molecule has 16 heavy (non-hydrogen) atoms.